The van der Waals surface area contributed by atoms with Crippen LogP contribution in [0.15, 0.2) is 71.6 Å². The topological polar surface area (TPSA) is 176 Å². The van der Waals surface area contributed by atoms with Crippen LogP contribution in [0.5, 0.6) is 11.5 Å². The first-order valence-corrected chi connectivity index (χ1v) is 11.1. The Morgan fingerprint density at radius 1 is 0.811 bits per heavy atom. The first-order chi connectivity index (χ1) is 17.6. The zero-order valence-corrected chi connectivity index (χ0v) is 19.3. The summed E-state index contributed by atoms with van der Waals surface area (Å²) in [5.41, 5.74) is -0.372. The molecule has 1 aliphatic heterocycles. The number of para-hydroxylation sites is 1. The third kappa shape index (κ3) is 5.43. The summed E-state index contributed by atoms with van der Waals surface area (Å²) in [6.07, 6.45) is 1.40. The molecule has 0 N–H and O–H groups in total. The van der Waals surface area contributed by atoms with Crippen molar-refractivity contribution < 1.29 is 29.1 Å². The Kier molecular flexibility index (Phi) is 6.92. The zero-order valence-electron chi connectivity index (χ0n) is 18.5. The minimum Gasteiger partial charge on any atom is -0.449 e. The SMILES string of the molecule is O=C1S/C(=C\c2ccccc2Oc2ccc([N+](=O)[O-])cc2[N+](=O)[O-])C(=O)N1Cc1ccc([N+](=O)[O-])cc1. The smallest absolute Gasteiger partial charge is 0.318 e. The lowest BCUT2D eigenvalue weighted by atomic mass is 10.1. The van der Waals surface area contributed by atoms with E-state index >= 15 is 0 Å². The summed E-state index contributed by atoms with van der Waals surface area (Å²) in [7, 11) is 0. The van der Waals surface area contributed by atoms with Gasteiger partial charge in [-0.25, -0.2) is 0 Å². The van der Waals surface area contributed by atoms with Crippen molar-refractivity contribution in [2.45, 2.75) is 6.54 Å². The van der Waals surface area contributed by atoms with E-state index in [0.29, 0.717) is 22.9 Å². The summed E-state index contributed by atoms with van der Waals surface area (Å²) in [5.74, 6) is -0.728. The summed E-state index contributed by atoms with van der Waals surface area (Å²) in [6.45, 7) is -0.0901. The maximum Gasteiger partial charge on any atom is 0.318 e. The molecule has 3 aromatic rings. The summed E-state index contributed by atoms with van der Waals surface area (Å²) < 4.78 is 5.68. The van der Waals surface area contributed by atoms with E-state index < -0.39 is 37.3 Å². The van der Waals surface area contributed by atoms with Gasteiger partial charge in [0.15, 0.2) is 0 Å². The van der Waals surface area contributed by atoms with Crippen LogP contribution in [0.2, 0.25) is 0 Å². The van der Waals surface area contributed by atoms with Crippen molar-refractivity contribution in [3.05, 3.63) is 113 Å². The number of rotatable bonds is 8. The van der Waals surface area contributed by atoms with E-state index in [4.69, 9.17) is 4.74 Å². The molecular weight excluding hydrogens is 508 g/mol. The minimum absolute atomic E-state index is 0.0705. The molecule has 0 bridgehead atoms. The maximum atomic E-state index is 12.9. The van der Waals surface area contributed by atoms with Crippen molar-refractivity contribution in [3.8, 4) is 11.5 Å². The lowest BCUT2D eigenvalue weighted by Crippen LogP contribution is -2.27. The van der Waals surface area contributed by atoms with E-state index in [1.807, 2.05) is 0 Å². The molecule has 14 heteroatoms. The number of non-ortho nitro benzene ring substituents is 2. The predicted molar refractivity (Wildman–Crippen MR) is 131 cm³/mol. The van der Waals surface area contributed by atoms with Gasteiger partial charge in [0, 0.05) is 23.8 Å². The highest BCUT2D eigenvalue weighted by Crippen LogP contribution is 2.38. The van der Waals surface area contributed by atoms with E-state index in [1.165, 1.54) is 36.4 Å². The van der Waals surface area contributed by atoms with Crippen LogP contribution in [0, 0.1) is 30.3 Å². The van der Waals surface area contributed by atoms with Crippen molar-refractivity contribution >= 4 is 46.0 Å². The molecule has 0 aromatic heterocycles. The Morgan fingerprint density at radius 2 is 1.46 bits per heavy atom. The van der Waals surface area contributed by atoms with Gasteiger partial charge < -0.3 is 4.74 Å². The molecule has 0 spiro atoms. The maximum absolute atomic E-state index is 12.9. The van der Waals surface area contributed by atoms with Crippen LogP contribution < -0.4 is 4.74 Å². The normalized spacial score (nSPS) is 14.2. The van der Waals surface area contributed by atoms with Gasteiger partial charge in [-0.05, 0) is 35.5 Å². The second-order valence-corrected chi connectivity index (χ2v) is 8.49. The molecule has 186 valence electrons. The molecule has 1 fully saturated rings. The largest absolute Gasteiger partial charge is 0.449 e. The quantitative estimate of drug-likeness (QED) is 0.210. The van der Waals surface area contributed by atoms with Crippen LogP contribution in [0.1, 0.15) is 11.1 Å². The van der Waals surface area contributed by atoms with Crippen molar-refractivity contribution in [2.75, 3.05) is 0 Å². The third-order valence-electron chi connectivity index (χ3n) is 5.14. The van der Waals surface area contributed by atoms with Gasteiger partial charge in [-0.2, -0.15) is 0 Å². The highest BCUT2D eigenvalue weighted by molar-refractivity contribution is 8.18. The average Bonchev–Trinajstić information content (AvgIpc) is 3.12. The number of hydrogen-bond donors (Lipinski definition) is 0. The second-order valence-electron chi connectivity index (χ2n) is 7.50. The number of nitro groups is 3. The lowest BCUT2D eigenvalue weighted by Gasteiger charge is -2.12. The van der Waals surface area contributed by atoms with Gasteiger partial charge in [0.25, 0.3) is 22.5 Å². The Bertz CT molecular complexity index is 1490. The van der Waals surface area contributed by atoms with Crippen LogP contribution in [0.25, 0.3) is 6.08 Å². The standard InChI is InChI=1S/C23H14N4O9S/c28-22-21(37-23(29)24(22)13-14-5-7-16(8-6-14)25(30)31)11-15-3-1-2-4-19(15)36-20-10-9-17(26(32)33)12-18(20)27(34)35/h1-12H,13H2/b21-11-. The van der Waals surface area contributed by atoms with Gasteiger partial charge in [-0.1, -0.05) is 30.3 Å². The van der Waals surface area contributed by atoms with Gasteiger partial charge in [0.1, 0.15) is 5.75 Å². The van der Waals surface area contributed by atoms with Crippen LogP contribution in [-0.2, 0) is 11.3 Å². The van der Waals surface area contributed by atoms with Crippen molar-refractivity contribution in [1.29, 1.82) is 0 Å². The number of hydrogen-bond acceptors (Lipinski definition) is 10. The molecule has 0 radical (unpaired) electrons. The van der Waals surface area contributed by atoms with Crippen molar-refractivity contribution in [2.24, 2.45) is 0 Å². The number of carbonyl (C=O) groups is 2. The summed E-state index contributed by atoms with van der Waals surface area (Å²) in [5, 5.41) is 32.7. The van der Waals surface area contributed by atoms with Crippen LogP contribution in [0.3, 0.4) is 0 Å². The Balaban J connectivity index is 1.59. The van der Waals surface area contributed by atoms with E-state index in [0.717, 1.165) is 23.1 Å². The highest BCUT2D eigenvalue weighted by atomic mass is 32.2. The Hall–Kier alpha value is -5.11. The van der Waals surface area contributed by atoms with E-state index in [-0.39, 0.29) is 28.6 Å². The molecule has 0 unspecified atom stereocenters. The van der Waals surface area contributed by atoms with Gasteiger partial charge in [-0.15, -0.1) is 0 Å². The first kappa shape index (κ1) is 25.0. The molecule has 1 saturated heterocycles. The summed E-state index contributed by atoms with van der Waals surface area (Å²) in [4.78, 5) is 57.6. The van der Waals surface area contributed by atoms with E-state index in [2.05, 4.69) is 0 Å². The number of amides is 2. The zero-order chi connectivity index (χ0) is 26.7. The molecule has 13 nitrogen and oxygen atoms in total. The van der Waals surface area contributed by atoms with E-state index in [1.54, 1.807) is 18.2 Å². The first-order valence-electron chi connectivity index (χ1n) is 10.3. The lowest BCUT2D eigenvalue weighted by molar-refractivity contribution is -0.394. The van der Waals surface area contributed by atoms with Crippen molar-refractivity contribution in [3.63, 3.8) is 0 Å². The fourth-order valence-corrected chi connectivity index (χ4v) is 4.17. The van der Waals surface area contributed by atoms with Crippen LogP contribution >= 0.6 is 11.8 Å². The van der Waals surface area contributed by atoms with Crippen molar-refractivity contribution in [1.82, 2.24) is 4.90 Å². The number of benzene rings is 3. The fraction of sp³-hybridized carbons (Fsp3) is 0.0435. The fourth-order valence-electron chi connectivity index (χ4n) is 3.34. The molecule has 1 aliphatic rings. The molecule has 0 aliphatic carbocycles. The monoisotopic (exact) mass is 522 g/mol. The van der Waals surface area contributed by atoms with Crippen LogP contribution in [0.4, 0.5) is 21.9 Å². The Labute approximate surface area is 211 Å². The Morgan fingerprint density at radius 3 is 2.11 bits per heavy atom. The molecule has 2 amide bonds. The third-order valence-corrected chi connectivity index (χ3v) is 6.04. The van der Waals surface area contributed by atoms with Gasteiger partial charge in [0.2, 0.25) is 5.75 Å². The highest BCUT2D eigenvalue weighted by Gasteiger charge is 2.35. The molecule has 37 heavy (non-hydrogen) atoms. The van der Waals surface area contributed by atoms with E-state index in [9.17, 15) is 39.9 Å². The number of imide groups is 1. The van der Waals surface area contributed by atoms with Gasteiger partial charge in [-0.3, -0.25) is 44.8 Å². The summed E-state index contributed by atoms with van der Waals surface area (Å²) >= 11 is 0.684. The average molecular weight is 522 g/mol. The number of ether oxygens (including phenoxy) is 1. The predicted octanol–water partition coefficient (Wildman–Crippen LogP) is 5.44. The minimum atomic E-state index is -0.811. The molecule has 1 heterocycles. The van der Waals surface area contributed by atoms with Gasteiger partial charge >= 0.3 is 5.69 Å². The van der Waals surface area contributed by atoms with Crippen LogP contribution in [-0.4, -0.2) is 30.8 Å². The number of carbonyl (C=O) groups excluding carboxylic acids is 2. The number of thioether (sulfide) groups is 1. The molecule has 0 saturated carbocycles. The number of nitrogens with zero attached hydrogens (tertiary/aromatic N) is 4. The molecule has 0 atom stereocenters. The second kappa shape index (κ2) is 10.2. The molecular formula is C23H14N4O9S. The summed E-state index contributed by atoms with van der Waals surface area (Å²) in [6, 6.07) is 14.7. The van der Waals surface area contributed by atoms with Gasteiger partial charge in [0.05, 0.1) is 32.3 Å². The molecule has 3 aromatic carbocycles. The number of nitro benzene ring substituents is 3. The molecule has 4 rings (SSSR count).